The number of benzene rings is 2. The van der Waals surface area contributed by atoms with E-state index >= 15 is 0 Å². The summed E-state index contributed by atoms with van der Waals surface area (Å²) in [4.78, 5) is 0. The highest BCUT2D eigenvalue weighted by molar-refractivity contribution is 5.84. The SMILES string of the molecule is COc1cc2c(cc1OC)-c1c(OC)c(OC)cc3c1[C@H](C2)[N+](C)([O-])CC3. The van der Waals surface area contributed by atoms with Crippen LogP contribution >= 0.6 is 0 Å². The molecule has 1 aliphatic heterocycles. The minimum Gasteiger partial charge on any atom is -0.633 e. The first-order valence-corrected chi connectivity index (χ1v) is 9.04. The highest BCUT2D eigenvalue weighted by Crippen LogP contribution is 2.55. The number of fused-ring (bicyclic) bond motifs is 2. The average Bonchev–Trinajstić information content (AvgIpc) is 2.68. The Hall–Kier alpha value is -2.44. The van der Waals surface area contributed by atoms with Crippen LogP contribution in [0.25, 0.3) is 11.1 Å². The van der Waals surface area contributed by atoms with Gasteiger partial charge in [-0.1, -0.05) is 0 Å². The largest absolute Gasteiger partial charge is 0.633 e. The van der Waals surface area contributed by atoms with E-state index in [-0.39, 0.29) is 10.7 Å². The third kappa shape index (κ3) is 2.55. The fraction of sp³-hybridized carbons (Fsp3) is 0.429. The molecule has 1 unspecified atom stereocenters. The summed E-state index contributed by atoms with van der Waals surface area (Å²) < 4.78 is 22.1. The molecule has 4 rings (SSSR count). The topological polar surface area (TPSA) is 60.0 Å². The smallest absolute Gasteiger partial charge is 0.169 e. The number of rotatable bonds is 4. The van der Waals surface area contributed by atoms with Crippen molar-refractivity contribution in [2.24, 2.45) is 0 Å². The molecule has 2 aromatic carbocycles. The van der Waals surface area contributed by atoms with Gasteiger partial charge in [-0.15, -0.1) is 0 Å². The fourth-order valence-electron chi connectivity index (χ4n) is 4.51. The van der Waals surface area contributed by atoms with Gasteiger partial charge in [-0.2, -0.15) is 0 Å². The van der Waals surface area contributed by atoms with Crippen molar-refractivity contribution in [2.75, 3.05) is 42.0 Å². The van der Waals surface area contributed by atoms with Crippen LogP contribution in [-0.2, 0) is 12.8 Å². The van der Waals surface area contributed by atoms with Crippen LogP contribution in [0.15, 0.2) is 18.2 Å². The van der Waals surface area contributed by atoms with Gasteiger partial charge in [0.15, 0.2) is 23.0 Å². The molecule has 6 heteroatoms. The molecule has 0 saturated carbocycles. The third-order valence-corrected chi connectivity index (χ3v) is 5.91. The molecule has 2 aromatic rings. The first-order valence-electron chi connectivity index (χ1n) is 9.04. The number of methoxy groups -OCH3 is 4. The summed E-state index contributed by atoms with van der Waals surface area (Å²) in [6, 6.07) is 5.81. The summed E-state index contributed by atoms with van der Waals surface area (Å²) >= 11 is 0. The van der Waals surface area contributed by atoms with Crippen molar-refractivity contribution in [3.8, 4) is 34.1 Å². The maximum Gasteiger partial charge on any atom is 0.169 e. The predicted molar refractivity (Wildman–Crippen MR) is 103 cm³/mol. The van der Waals surface area contributed by atoms with E-state index in [1.807, 2.05) is 18.2 Å². The van der Waals surface area contributed by atoms with E-state index in [9.17, 15) is 5.21 Å². The molecule has 1 aliphatic carbocycles. The Kier molecular flexibility index (Phi) is 4.20. The molecule has 0 N–H and O–H groups in total. The molecule has 0 spiro atoms. The summed E-state index contributed by atoms with van der Waals surface area (Å²) in [5, 5.41) is 13.3. The number of hydrogen-bond donors (Lipinski definition) is 0. The Morgan fingerprint density at radius 1 is 0.889 bits per heavy atom. The van der Waals surface area contributed by atoms with Gasteiger partial charge in [-0.05, 0) is 34.9 Å². The van der Waals surface area contributed by atoms with Crippen LogP contribution in [0, 0.1) is 5.21 Å². The van der Waals surface area contributed by atoms with Crippen molar-refractivity contribution in [3.63, 3.8) is 0 Å². The van der Waals surface area contributed by atoms with Gasteiger partial charge in [0.25, 0.3) is 0 Å². The maximum absolute atomic E-state index is 13.3. The number of hydrogen-bond acceptors (Lipinski definition) is 5. The Bertz CT molecular complexity index is 906. The highest BCUT2D eigenvalue weighted by Gasteiger charge is 2.42. The first kappa shape index (κ1) is 17.9. The minimum absolute atomic E-state index is 0.172. The zero-order valence-electron chi connectivity index (χ0n) is 16.4. The number of hydroxylamine groups is 3. The summed E-state index contributed by atoms with van der Waals surface area (Å²) in [7, 11) is 8.29. The molecule has 144 valence electrons. The average molecular weight is 371 g/mol. The molecule has 2 atom stereocenters. The van der Waals surface area contributed by atoms with Crippen molar-refractivity contribution in [3.05, 3.63) is 40.1 Å². The van der Waals surface area contributed by atoms with Crippen molar-refractivity contribution in [2.45, 2.75) is 18.9 Å². The van der Waals surface area contributed by atoms with Crippen LogP contribution in [0.5, 0.6) is 23.0 Å². The standard InChI is InChI=1S/C21H25NO5/c1-22(23)7-6-12-9-18(26-4)21(27-5)20-14-11-17(25-3)16(24-2)10-13(14)8-15(22)19(12)20/h9-11,15H,6-8H2,1-5H3/t15-,22?/m0/s1. The second-order valence-electron chi connectivity index (χ2n) is 7.29. The Labute approximate surface area is 159 Å². The zero-order chi connectivity index (χ0) is 19.3. The molecule has 0 radical (unpaired) electrons. The van der Waals surface area contributed by atoms with Gasteiger partial charge in [0.1, 0.15) is 6.04 Å². The second-order valence-corrected chi connectivity index (χ2v) is 7.29. The summed E-state index contributed by atoms with van der Waals surface area (Å²) in [5.74, 6) is 2.67. The number of nitrogens with zero attached hydrogens (tertiary/aromatic N) is 1. The Balaban J connectivity index is 2.08. The van der Waals surface area contributed by atoms with Crippen LogP contribution in [0.2, 0.25) is 0 Å². The van der Waals surface area contributed by atoms with E-state index in [1.165, 1.54) is 5.56 Å². The lowest BCUT2D eigenvalue weighted by atomic mass is 9.76. The Morgan fingerprint density at radius 3 is 2.15 bits per heavy atom. The van der Waals surface area contributed by atoms with Crippen LogP contribution in [-0.4, -0.2) is 46.7 Å². The lowest BCUT2D eigenvalue weighted by Crippen LogP contribution is -2.48. The molecule has 2 aliphatic rings. The second kappa shape index (κ2) is 6.32. The van der Waals surface area contributed by atoms with Crippen LogP contribution in [0.3, 0.4) is 0 Å². The highest BCUT2D eigenvalue weighted by atomic mass is 16.5. The monoisotopic (exact) mass is 371 g/mol. The quantitative estimate of drug-likeness (QED) is 0.608. The molecule has 0 saturated heterocycles. The predicted octanol–water partition coefficient (Wildman–Crippen LogP) is 3.49. The van der Waals surface area contributed by atoms with E-state index in [0.717, 1.165) is 28.7 Å². The molecule has 6 nitrogen and oxygen atoms in total. The molecular formula is C21H25NO5. The summed E-state index contributed by atoms with van der Waals surface area (Å²) in [5.41, 5.74) is 5.26. The number of ether oxygens (including phenoxy) is 4. The molecule has 0 fully saturated rings. The third-order valence-electron chi connectivity index (χ3n) is 5.91. The van der Waals surface area contributed by atoms with Gasteiger partial charge < -0.3 is 28.8 Å². The molecule has 0 aromatic heterocycles. The normalized spacial score (nSPS) is 22.5. The first-order chi connectivity index (χ1) is 12.9. The fourth-order valence-corrected chi connectivity index (χ4v) is 4.51. The van der Waals surface area contributed by atoms with Crippen LogP contribution in [0.1, 0.15) is 22.7 Å². The summed E-state index contributed by atoms with van der Waals surface area (Å²) in [6.07, 6.45) is 1.38. The van der Waals surface area contributed by atoms with Gasteiger partial charge in [0.2, 0.25) is 0 Å². The van der Waals surface area contributed by atoms with Gasteiger partial charge in [0.05, 0.1) is 42.0 Å². The maximum atomic E-state index is 13.3. The van der Waals surface area contributed by atoms with Gasteiger partial charge >= 0.3 is 0 Å². The zero-order valence-corrected chi connectivity index (χ0v) is 16.4. The van der Waals surface area contributed by atoms with E-state index in [0.29, 0.717) is 36.0 Å². The van der Waals surface area contributed by atoms with Crippen molar-refractivity contribution in [1.29, 1.82) is 0 Å². The van der Waals surface area contributed by atoms with Crippen molar-refractivity contribution >= 4 is 0 Å². The molecule has 0 bridgehead atoms. The number of likely N-dealkylation sites (N-methyl/N-ethyl adjacent to an activating group) is 1. The molecule has 0 amide bonds. The van der Waals surface area contributed by atoms with Crippen LogP contribution < -0.4 is 18.9 Å². The van der Waals surface area contributed by atoms with E-state index in [1.54, 1.807) is 35.5 Å². The van der Waals surface area contributed by atoms with Gasteiger partial charge in [-0.3, -0.25) is 0 Å². The van der Waals surface area contributed by atoms with Crippen molar-refractivity contribution in [1.82, 2.24) is 0 Å². The van der Waals surface area contributed by atoms with Crippen molar-refractivity contribution < 1.29 is 23.6 Å². The van der Waals surface area contributed by atoms with E-state index in [4.69, 9.17) is 18.9 Å². The number of quaternary nitrogens is 1. The van der Waals surface area contributed by atoms with Gasteiger partial charge in [0, 0.05) is 24.0 Å². The molecule has 27 heavy (non-hydrogen) atoms. The van der Waals surface area contributed by atoms with Crippen LogP contribution in [0.4, 0.5) is 0 Å². The minimum atomic E-state index is -0.288. The molecule has 1 heterocycles. The summed E-state index contributed by atoms with van der Waals surface area (Å²) in [6.45, 7) is 0.551. The molecular weight excluding hydrogens is 346 g/mol. The lowest BCUT2D eigenvalue weighted by Gasteiger charge is -2.51. The lowest BCUT2D eigenvalue weighted by molar-refractivity contribution is -0.894. The van der Waals surface area contributed by atoms with E-state index in [2.05, 4.69) is 0 Å². The van der Waals surface area contributed by atoms with Gasteiger partial charge in [-0.25, -0.2) is 0 Å². The van der Waals surface area contributed by atoms with E-state index < -0.39 is 0 Å². The Morgan fingerprint density at radius 2 is 1.52 bits per heavy atom.